The number of anilines is 1. The number of carbonyl (C=O) groups excluding carboxylic acids is 2. The number of benzene rings is 2. The van der Waals surface area contributed by atoms with Crippen molar-refractivity contribution in [2.75, 3.05) is 11.9 Å². The van der Waals surface area contributed by atoms with E-state index in [9.17, 15) is 31.9 Å². The van der Waals surface area contributed by atoms with Gasteiger partial charge in [-0.05, 0) is 48.2 Å². The third-order valence-electron chi connectivity index (χ3n) is 5.98. The lowest BCUT2D eigenvalue weighted by Crippen LogP contribution is -2.45. The SMILES string of the molecule is C[Si](C)(C)c1c(F)cc(NC(=O)[C@H]2c3ccc(OC(F)F)cc3CCN2C(=O)CCCC(=O)O)cc1F. The first-order valence-electron chi connectivity index (χ1n) is 11.7. The molecule has 0 unspecified atom stereocenters. The minimum absolute atomic E-state index is 0.00435. The van der Waals surface area contributed by atoms with E-state index in [2.05, 4.69) is 10.1 Å². The van der Waals surface area contributed by atoms with Gasteiger partial charge in [-0.2, -0.15) is 8.78 Å². The third kappa shape index (κ3) is 6.88. The molecule has 0 fully saturated rings. The second-order valence-electron chi connectivity index (χ2n) is 9.78. The first kappa shape index (κ1) is 28.2. The summed E-state index contributed by atoms with van der Waals surface area (Å²) in [5, 5.41) is 11.3. The fourth-order valence-corrected chi connectivity index (χ4v) is 6.02. The summed E-state index contributed by atoms with van der Waals surface area (Å²) in [6.07, 6.45) is -0.0739. The van der Waals surface area contributed by atoms with E-state index in [4.69, 9.17) is 5.11 Å². The second kappa shape index (κ2) is 11.3. The molecule has 0 spiro atoms. The number of aliphatic carboxylic acids is 1. The van der Waals surface area contributed by atoms with E-state index in [-0.39, 0.29) is 48.9 Å². The summed E-state index contributed by atoms with van der Waals surface area (Å²) in [4.78, 5) is 38.4. The Labute approximate surface area is 212 Å². The number of nitrogens with zero attached hydrogens (tertiary/aromatic N) is 1. The van der Waals surface area contributed by atoms with Crippen LogP contribution in [0.15, 0.2) is 30.3 Å². The van der Waals surface area contributed by atoms with Crippen LogP contribution in [0.3, 0.4) is 0 Å². The molecule has 1 aliphatic rings. The van der Waals surface area contributed by atoms with E-state index in [1.54, 1.807) is 19.6 Å². The standard InChI is InChI=1S/C25H28F4N2O5Si/c1-37(2,3)23-18(26)12-15(13-19(23)27)30-24(35)22-17-8-7-16(36-25(28)29)11-14(17)9-10-31(22)20(32)5-4-6-21(33)34/h7-8,11-13,22,25H,4-6,9-10H2,1-3H3,(H,30,35)(H,33,34)/t22-/m1/s1. The van der Waals surface area contributed by atoms with Gasteiger partial charge in [-0.3, -0.25) is 14.4 Å². The molecular weight excluding hydrogens is 512 g/mol. The Bertz CT molecular complexity index is 1180. The molecule has 1 atom stereocenters. The number of amides is 2. The molecule has 0 saturated carbocycles. The highest BCUT2D eigenvalue weighted by molar-refractivity contribution is 6.88. The van der Waals surface area contributed by atoms with Crippen molar-refractivity contribution in [1.82, 2.24) is 4.90 Å². The maximum atomic E-state index is 14.8. The maximum absolute atomic E-state index is 14.8. The van der Waals surface area contributed by atoms with Crippen molar-refractivity contribution in [1.29, 1.82) is 0 Å². The highest BCUT2D eigenvalue weighted by Crippen LogP contribution is 2.34. The molecule has 1 heterocycles. The minimum Gasteiger partial charge on any atom is -0.481 e. The molecule has 37 heavy (non-hydrogen) atoms. The van der Waals surface area contributed by atoms with E-state index < -0.39 is 50.1 Å². The normalized spacial score (nSPS) is 15.4. The summed E-state index contributed by atoms with van der Waals surface area (Å²) in [5.41, 5.74) is 0.709. The Morgan fingerprint density at radius 3 is 2.32 bits per heavy atom. The summed E-state index contributed by atoms with van der Waals surface area (Å²) in [6.45, 7) is 2.35. The lowest BCUT2D eigenvalue weighted by Gasteiger charge is -2.36. The largest absolute Gasteiger partial charge is 0.481 e. The van der Waals surface area contributed by atoms with Gasteiger partial charge >= 0.3 is 12.6 Å². The van der Waals surface area contributed by atoms with Gasteiger partial charge in [0.2, 0.25) is 5.91 Å². The Kier molecular flexibility index (Phi) is 8.62. The number of rotatable bonds is 9. The maximum Gasteiger partial charge on any atom is 0.387 e. The fraction of sp³-hybridized carbons (Fsp3) is 0.400. The molecule has 200 valence electrons. The lowest BCUT2D eigenvalue weighted by molar-refractivity contribution is -0.140. The Morgan fingerprint density at radius 1 is 1.11 bits per heavy atom. The predicted octanol–water partition coefficient (Wildman–Crippen LogP) is 4.43. The molecule has 2 N–H and O–H groups in total. The van der Waals surface area contributed by atoms with E-state index >= 15 is 0 Å². The number of ether oxygens (including phenoxy) is 1. The number of carboxylic acids is 1. The first-order chi connectivity index (χ1) is 17.3. The molecule has 0 radical (unpaired) electrons. The highest BCUT2D eigenvalue weighted by Gasteiger charge is 2.36. The number of nitrogens with one attached hydrogen (secondary N) is 1. The summed E-state index contributed by atoms with van der Waals surface area (Å²) in [6, 6.07) is 4.81. The smallest absolute Gasteiger partial charge is 0.387 e. The third-order valence-corrected chi connectivity index (χ3v) is 7.96. The molecule has 2 aromatic rings. The van der Waals surface area contributed by atoms with E-state index in [0.717, 1.165) is 12.1 Å². The monoisotopic (exact) mass is 540 g/mol. The van der Waals surface area contributed by atoms with Crippen LogP contribution >= 0.6 is 0 Å². The van der Waals surface area contributed by atoms with Gasteiger partial charge in [0.15, 0.2) is 0 Å². The van der Waals surface area contributed by atoms with Gasteiger partial charge in [0.25, 0.3) is 5.91 Å². The van der Waals surface area contributed by atoms with Gasteiger partial charge in [0, 0.05) is 30.3 Å². The highest BCUT2D eigenvalue weighted by atomic mass is 28.3. The van der Waals surface area contributed by atoms with Crippen LogP contribution in [-0.4, -0.2) is 49.0 Å². The van der Waals surface area contributed by atoms with Gasteiger partial charge in [-0.1, -0.05) is 25.7 Å². The molecule has 12 heteroatoms. The fourth-order valence-electron chi connectivity index (χ4n) is 4.44. The number of hydrogen-bond acceptors (Lipinski definition) is 4. The molecule has 0 saturated heterocycles. The minimum atomic E-state index is -3.04. The van der Waals surface area contributed by atoms with Crippen LogP contribution in [0.2, 0.25) is 19.6 Å². The van der Waals surface area contributed by atoms with Crippen molar-refractivity contribution in [3.8, 4) is 5.75 Å². The molecule has 1 aliphatic heterocycles. The van der Waals surface area contributed by atoms with Crippen molar-refractivity contribution in [3.63, 3.8) is 0 Å². The Morgan fingerprint density at radius 2 is 1.76 bits per heavy atom. The molecule has 3 rings (SSSR count). The summed E-state index contributed by atoms with van der Waals surface area (Å²) >= 11 is 0. The molecule has 2 amide bonds. The Balaban J connectivity index is 1.94. The summed E-state index contributed by atoms with van der Waals surface area (Å²) < 4.78 is 59.3. The van der Waals surface area contributed by atoms with Gasteiger partial charge in [0.1, 0.15) is 23.4 Å². The number of alkyl halides is 2. The summed E-state index contributed by atoms with van der Waals surface area (Å²) in [5.74, 6) is -3.98. The van der Waals surface area contributed by atoms with Gasteiger partial charge in [-0.25, -0.2) is 8.78 Å². The van der Waals surface area contributed by atoms with Crippen LogP contribution in [0, 0.1) is 11.6 Å². The molecule has 0 aromatic heterocycles. The zero-order valence-corrected chi connectivity index (χ0v) is 21.6. The second-order valence-corrected chi connectivity index (χ2v) is 14.8. The zero-order valence-electron chi connectivity index (χ0n) is 20.6. The Hall–Kier alpha value is -3.41. The van der Waals surface area contributed by atoms with Crippen molar-refractivity contribution >= 4 is 36.7 Å². The molecule has 7 nitrogen and oxygen atoms in total. The first-order valence-corrected chi connectivity index (χ1v) is 15.2. The van der Waals surface area contributed by atoms with Gasteiger partial charge < -0.3 is 20.1 Å². The predicted molar refractivity (Wildman–Crippen MR) is 131 cm³/mol. The average molecular weight is 541 g/mol. The van der Waals surface area contributed by atoms with Crippen LogP contribution in [0.5, 0.6) is 5.75 Å². The zero-order chi connectivity index (χ0) is 27.5. The number of carboxylic acid groups (broad SMARTS) is 1. The van der Waals surface area contributed by atoms with Crippen LogP contribution < -0.4 is 15.2 Å². The van der Waals surface area contributed by atoms with Crippen molar-refractivity contribution in [3.05, 3.63) is 53.1 Å². The van der Waals surface area contributed by atoms with Crippen molar-refractivity contribution in [2.24, 2.45) is 0 Å². The van der Waals surface area contributed by atoms with Crippen molar-refractivity contribution in [2.45, 2.75) is 58.0 Å². The quantitative estimate of drug-likeness (QED) is 0.363. The van der Waals surface area contributed by atoms with E-state index in [1.165, 1.54) is 23.1 Å². The van der Waals surface area contributed by atoms with E-state index in [0.29, 0.717) is 11.1 Å². The number of carbonyl (C=O) groups is 3. The molecular formula is C25H28F4N2O5Si. The van der Waals surface area contributed by atoms with Crippen LogP contribution in [0.4, 0.5) is 23.2 Å². The number of hydrogen-bond donors (Lipinski definition) is 2. The van der Waals surface area contributed by atoms with Crippen LogP contribution in [-0.2, 0) is 20.8 Å². The van der Waals surface area contributed by atoms with Crippen LogP contribution in [0.25, 0.3) is 0 Å². The molecule has 0 bridgehead atoms. The lowest BCUT2D eigenvalue weighted by atomic mass is 9.91. The summed E-state index contributed by atoms with van der Waals surface area (Å²) in [7, 11) is -2.35. The number of fused-ring (bicyclic) bond motifs is 1. The molecule has 0 aliphatic carbocycles. The topological polar surface area (TPSA) is 95.9 Å². The van der Waals surface area contributed by atoms with Gasteiger partial charge in [-0.15, -0.1) is 0 Å². The van der Waals surface area contributed by atoms with E-state index in [1.807, 2.05) is 0 Å². The average Bonchev–Trinajstić information content (AvgIpc) is 2.75. The number of halogens is 4. The van der Waals surface area contributed by atoms with Crippen molar-refractivity contribution < 1.29 is 41.8 Å². The molecule has 2 aromatic carbocycles. The van der Waals surface area contributed by atoms with Gasteiger partial charge in [0.05, 0.1) is 8.07 Å². The van der Waals surface area contributed by atoms with Crippen LogP contribution in [0.1, 0.15) is 36.4 Å².